The van der Waals surface area contributed by atoms with Gasteiger partial charge in [0, 0.05) is 20.0 Å². The maximum atomic E-state index is 12.0. The van der Waals surface area contributed by atoms with Gasteiger partial charge in [-0.15, -0.1) is 0 Å². The van der Waals surface area contributed by atoms with Crippen molar-refractivity contribution in [2.75, 3.05) is 20.2 Å². The number of hydrogen-bond donors (Lipinski definition) is 1. The highest BCUT2D eigenvalue weighted by atomic mass is 32.1. The van der Waals surface area contributed by atoms with Crippen LogP contribution in [-0.4, -0.2) is 36.0 Å². The number of aryl methyl sites for hydroxylation is 1. The molecule has 0 heterocycles. The minimum atomic E-state index is -0.0828. The number of nitrogens with two attached hydrogens (primary N) is 1. The lowest BCUT2D eigenvalue weighted by molar-refractivity contribution is -0.131. The zero-order valence-corrected chi connectivity index (χ0v) is 14.0. The Hall–Kier alpha value is -1.62. The van der Waals surface area contributed by atoms with E-state index in [0.29, 0.717) is 23.9 Å². The molecule has 1 rings (SSSR count). The van der Waals surface area contributed by atoms with Gasteiger partial charge in [0.15, 0.2) is 6.61 Å². The monoisotopic (exact) mass is 308 g/mol. The number of likely N-dealkylation sites (N-methyl/N-ethyl adjacent to an activating group) is 1. The molecule has 2 N–H and O–H groups in total. The van der Waals surface area contributed by atoms with Crippen LogP contribution in [0.2, 0.25) is 0 Å². The second kappa shape index (κ2) is 7.98. The van der Waals surface area contributed by atoms with Gasteiger partial charge in [-0.2, -0.15) is 0 Å². The van der Waals surface area contributed by atoms with Gasteiger partial charge in [0.25, 0.3) is 5.91 Å². The Morgan fingerprint density at radius 1 is 1.43 bits per heavy atom. The van der Waals surface area contributed by atoms with Gasteiger partial charge in [-0.25, -0.2) is 0 Å². The predicted octanol–water partition coefficient (Wildman–Crippen LogP) is 2.63. The van der Waals surface area contributed by atoms with E-state index in [9.17, 15) is 4.79 Å². The molecule has 1 aromatic rings. The van der Waals surface area contributed by atoms with Crippen molar-refractivity contribution in [1.29, 1.82) is 0 Å². The molecule has 0 aliphatic rings. The fourth-order valence-corrected chi connectivity index (χ4v) is 1.87. The summed E-state index contributed by atoms with van der Waals surface area (Å²) >= 11 is 4.81. The number of rotatable bonds is 7. The lowest BCUT2D eigenvalue weighted by atomic mass is 10.0. The highest BCUT2D eigenvalue weighted by molar-refractivity contribution is 7.80. The molecule has 0 atom stereocenters. The number of nitrogens with zero attached hydrogens (tertiary/aromatic N) is 1. The van der Waals surface area contributed by atoms with Gasteiger partial charge in [0.2, 0.25) is 0 Å². The molecule has 0 aromatic heterocycles. The number of amides is 1. The number of benzene rings is 1. The first kappa shape index (κ1) is 17.4. The fraction of sp³-hybridized carbons (Fsp3) is 0.500. The van der Waals surface area contributed by atoms with Crippen molar-refractivity contribution in [2.45, 2.75) is 33.1 Å². The summed E-state index contributed by atoms with van der Waals surface area (Å²) in [6.07, 6.45) is 0.527. The van der Waals surface area contributed by atoms with Gasteiger partial charge < -0.3 is 15.4 Å². The minimum absolute atomic E-state index is 0.0240. The lowest BCUT2D eigenvalue weighted by Gasteiger charge is -2.18. The molecule has 0 spiro atoms. The summed E-state index contributed by atoms with van der Waals surface area (Å²) in [6, 6.07) is 6.11. The summed E-state index contributed by atoms with van der Waals surface area (Å²) in [5.74, 6) is 1.11. The molecule has 0 saturated carbocycles. The molecular formula is C16H24N2O2S. The normalized spacial score (nSPS) is 10.5. The van der Waals surface area contributed by atoms with E-state index >= 15 is 0 Å². The van der Waals surface area contributed by atoms with Crippen LogP contribution in [-0.2, 0) is 4.79 Å². The number of hydrogen-bond acceptors (Lipinski definition) is 3. The molecular weight excluding hydrogens is 284 g/mol. The number of carbonyl (C=O) groups excluding carboxylic acids is 1. The molecule has 0 aliphatic carbocycles. The van der Waals surface area contributed by atoms with Crippen LogP contribution < -0.4 is 10.5 Å². The average Bonchev–Trinajstić information content (AvgIpc) is 2.43. The van der Waals surface area contributed by atoms with Crippen LogP contribution in [0.1, 0.15) is 37.3 Å². The van der Waals surface area contributed by atoms with Gasteiger partial charge in [-0.1, -0.05) is 38.2 Å². The Morgan fingerprint density at radius 3 is 2.67 bits per heavy atom. The first-order chi connectivity index (χ1) is 9.81. The highest BCUT2D eigenvalue weighted by Crippen LogP contribution is 2.24. The molecule has 0 unspecified atom stereocenters. The van der Waals surface area contributed by atoms with Crippen LogP contribution in [0, 0.1) is 6.92 Å². The Labute approximate surface area is 132 Å². The predicted molar refractivity (Wildman–Crippen MR) is 89.8 cm³/mol. The molecule has 1 aromatic carbocycles. The van der Waals surface area contributed by atoms with Gasteiger partial charge in [0.1, 0.15) is 5.75 Å². The van der Waals surface area contributed by atoms with E-state index in [1.807, 2.05) is 19.1 Å². The zero-order chi connectivity index (χ0) is 16.0. The molecule has 1 amide bonds. The molecule has 5 heteroatoms. The van der Waals surface area contributed by atoms with Gasteiger partial charge in [0.05, 0.1) is 4.99 Å². The zero-order valence-electron chi connectivity index (χ0n) is 13.2. The maximum absolute atomic E-state index is 12.0. The molecule has 0 aliphatic heterocycles. The van der Waals surface area contributed by atoms with Crippen molar-refractivity contribution in [3.8, 4) is 5.75 Å². The summed E-state index contributed by atoms with van der Waals surface area (Å²) in [7, 11) is 1.72. The summed E-state index contributed by atoms with van der Waals surface area (Å²) in [5, 5.41) is 0. The van der Waals surface area contributed by atoms with Crippen LogP contribution >= 0.6 is 12.2 Å². The largest absolute Gasteiger partial charge is 0.483 e. The number of ether oxygens (including phenoxy) is 1. The van der Waals surface area contributed by atoms with Crippen molar-refractivity contribution in [3.05, 3.63) is 29.3 Å². The van der Waals surface area contributed by atoms with E-state index in [1.54, 1.807) is 11.9 Å². The second-order valence-electron chi connectivity index (χ2n) is 5.50. The van der Waals surface area contributed by atoms with Crippen LogP contribution in [0.15, 0.2) is 18.2 Å². The van der Waals surface area contributed by atoms with Crippen LogP contribution in [0.3, 0.4) is 0 Å². The minimum Gasteiger partial charge on any atom is -0.483 e. The van der Waals surface area contributed by atoms with Crippen LogP contribution in [0.5, 0.6) is 5.75 Å². The third-order valence-corrected chi connectivity index (χ3v) is 3.55. The summed E-state index contributed by atoms with van der Waals surface area (Å²) in [6.45, 7) is 6.77. The van der Waals surface area contributed by atoms with Crippen molar-refractivity contribution in [1.82, 2.24) is 4.90 Å². The molecule has 21 heavy (non-hydrogen) atoms. The maximum Gasteiger partial charge on any atom is 0.260 e. The van der Waals surface area contributed by atoms with E-state index in [0.717, 1.165) is 11.3 Å². The number of thiocarbonyl (C=S) groups is 1. The molecule has 0 fully saturated rings. The van der Waals surface area contributed by atoms with Gasteiger partial charge in [-0.3, -0.25) is 4.79 Å². The van der Waals surface area contributed by atoms with Crippen molar-refractivity contribution in [2.24, 2.45) is 5.73 Å². The smallest absolute Gasteiger partial charge is 0.260 e. The molecule has 0 bridgehead atoms. The quantitative estimate of drug-likeness (QED) is 0.787. The van der Waals surface area contributed by atoms with Gasteiger partial charge in [-0.05, 0) is 30.0 Å². The van der Waals surface area contributed by atoms with Crippen molar-refractivity contribution in [3.63, 3.8) is 0 Å². The Bertz CT molecular complexity index is 515. The van der Waals surface area contributed by atoms with Gasteiger partial charge >= 0.3 is 0 Å². The summed E-state index contributed by atoms with van der Waals surface area (Å²) in [5.41, 5.74) is 7.66. The van der Waals surface area contributed by atoms with E-state index in [-0.39, 0.29) is 12.5 Å². The molecule has 4 nitrogen and oxygen atoms in total. The fourth-order valence-electron chi connectivity index (χ4n) is 1.78. The Kier molecular flexibility index (Phi) is 6.62. The third-order valence-electron chi connectivity index (χ3n) is 3.35. The Balaban J connectivity index is 2.60. The van der Waals surface area contributed by atoms with Crippen molar-refractivity contribution >= 4 is 23.1 Å². The van der Waals surface area contributed by atoms with Crippen LogP contribution in [0.25, 0.3) is 0 Å². The molecule has 116 valence electrons. The van der Waals surface area contributed by atoms with E-state index in [2.05, 4.69) is 19.9 Å². The first-order valence-corrected chi connectivity index (χ1v) is 7.47. The third kappa shape index (κ3) is 5.71. The first-order valence-electron chi connectivity index (χ1n) is 7.07. The molecule has 0 radical (unpaired) electrons. The lowest BCUT2D eigenvalue weighted by Crippen LogP contribution is -2.33. The second-order valence-corrected chi connectivity index (χ2v) is 6.02. The van der Waals surface area contributed by atoms with Crippen molar-refractivity contribution < 1.29 is 9.53 Å². The van der Waals surface area contributed by atoms with E-state index in [1.165, 1.54) is 5.56 Å². The molecule has 0 saturated heterocycles. The standard InChI is InChI=1S/C16H24N2O2S/c1-11(2)13-6-5-12(3)14(9-13)20-10-16(19)18(4)8-7-15(17)21/h5-6,9,11H,7-8,10H2,1-4H3,(H2,17,21). The average molecular weight is 308 g/mol. The van der Waals surface area contributed by atoms with E-state index < -0.39 is 0 Å². The summed E-state index contributed by atoms with van der Waals surface area (Å²) < 4.78 is 5.66. The van der Waals surface area contributed by atoms with E-state index in [4.69, 9.17) is 22.7 Å². The number of carbonyl (C=O) groups is 1. The highest BCUT2D eigenvalue weighted by Gasteiger charge is 2.11. The topological polar surface area (TPSA) is 55.6 Å². The van der Waals surface area contributed by atoms with Crippen LogP contribution in [0.4, 0.5) is 0 Å². The SMILES string of the molecule is Cc1ccc(C(C)C)cc1OCC(=O)N(C)CCC(N)=S. The Morgan fingerprint density at radius 2 is 2.10 bits per heavy atom. The summed E-state index contributed by atoms with van der Waals surface area (Å²) in [4.78, 5) is 14.0.